The van der Waals surface area contributed by atoms with E-state index < -0.39 is 28.5 Å². The van der Waals surface area contributed by atoms with Crippen molar-refractivity contribution < 1.29 is 18.0 Å². The highest BCUT2D eigenvalue weighted by Crippen LogP contribution is 2.26. The van der Waals surface area contributed by atoms with Gasteiger partial charge in [-0.1, -0.05) is 71.4 Å². The number of nitrogens with one attached hydrogen (secondary N) is 1. The van der Waals surface area contributed by atoms with Crippen molar-refractivity contribution in [1.29, 1.82) is 0 Å². The molecule has 0 spiro atoms. The quantitative estimate of drug-likeness (QED) is 0.336. The summed E-state index contributed by atoms with van der Waals surface area (Å²) >= 11 is 3.38. The molecule has 0 aliphatic carbocycles. The Bertz CT molecular complexity index is 1270. The van der Waals surface area contributed by atoms with Crippen LogP contribution in [-0.2, 0) is 26.0 Å². The number of rotatable bonds is 12. The van der Waals surface area contributed by atoms with Crippen LogP contribution >= 0.6 is 15.9 Å². The van der Waals surface area contributed by atoms with Gasteiger partial charge in [-0.25, -0.2) is 8.42 Å². The van der Waals surface area contributed by atoms with Crippen LogP contribution in [0.5, 0.6) is 0 Å². The first-order valence-corrected chi connectivity index (χ1v) is 14.5. The third-order valence-electron chi connectivity index (χ3n) is 5.95. The fourth-order valence-electron chi connectivity index (χ4n) is 4.04. The Hall–Kier alpha value is -3.17. The summed E-state index contributed by atoms with van der Waals surface area (Å²) in [4.78, 5) is 28.3. The van der Waals surface area contributed by atoms with E-state index in [1.807, 2.05) is 44.2 Å². The van der Waals surface area contributed by atoms with Crippen molar-refractivity contribution in [1.82, 2.24) is 10.2 Å². The number of amides is 2. The molecule has 2 amide bonds. The third kappa shape index (κ3) is 7.42. The summed E-state index contributed by atoms with van der Waals surface area (Å²) in [5.41, 5.74) is 1.38. The molecule has 1 N–H and O–H groups in total. The minimum atomic E-state index is -4.06. The molecular formula is C28H32BrN3O4S. The molecule has 9 heteroatoms. The second-order valence-electron chi connectivity index (χ2n) is 8.44. The van der Waals surface area contributed by atoms with Crippen LogP contribution in [0.4, 0.5) is 5.69 Å². The number of sulfonamides is 1. The van der Waals surface area contributed by atoms with Gasteiger partial charge in [0.2, 0.25) is 11.8 Å². The first kappa shape index (κ1) is 28.4. The molecular weight excluding hydrogens is 554 g/mol. The average molecular weight is 587 g/mol. The molecule has 0 aliphatic rings. The van der Waals surface area contributed by atoms with Crippen LogP contribution < -0.4 is 9.62 Å². The SMILES string of the molecule is CCNC(=O)C(CC)N(CCc1ccccc1)C(=O)CN(c1ccc(Br)cc1)S(=O)(=O)c1ccccc1. The highest BCUT2D eigenvalue weighted by Gasteiger charge is 2.33. The van der Waals surface area contributed by atoms with Crippen LogP contribution in [0.1, 0.15) is 25.8 Å². The lowest BCUT2D eigenvalue weighted by molar-refractivity contribution is -0.139. The largest absolute Gasteiger partial charge is 0.355 e. The summed E-state index contributed by atoms with van der Waals surface area (Å²) in [5, 5.41) is 2.81. The van der Waals surface area contributed by atoms with Gasteiger partial charge in [-0.05, 0) is 61.7 Å². The molecule has 3 aromatic carbocycles. The highest BCUT2D eigenvalue weighted by molar-refractivity contribution is 9.10. The van der Waals surface area contributed by atoms with E-state index in [9.17, 15) is 18.0 Å². The van der Waals surface area contributed by atoms with Crippen molar-refractivity contribution in [2.24, 2.45) is 0 Å². The number of halogens is 1. The molecule has 1 atom stereocenters. The Balaban J connectivity index is 1.98. The fourth-order valence-corrected chi connectivity index (χ4v) is 5.74. The molecule has 3 aromatic rings. The predicted octanol–water partition coefficient (Wildman–Crippen LogP) is 4.63. The number of carbonyl (C=O) groups is 2. The van der Waals surface area contributed by atoms with Crippen LogP contribution in [0.2, 0.25) is 0 Å². The lowest BCUT2D eigenvalue weighted by Crippen LogP contribution is -2.53. The predicted molar refractivity (Wildman–Crippen MR) is 150 cm³/mol. The monoisotopic (exact) mass is 585 g/mol. The van der Waals surface area contributed by atoms with Gasteiger partial charge in [-0.15, -0.1) is 0 Å². The van der Waals surface area contributed by atoms with E-state index in [0.29, 0.717) is 25.1 Å². The number of carbonyl (C=O) groups excluding carboxylic acids is 2. The van der Waals surface area contributed by atoms with Gasteiger partial charge < -0.3 is 10.2 Å². The molecule has 0 aromatic heterocycles. The maximum Gasteiger partial charge on any atom is 0.264 e. The van der Waals surface area contributed by atoms with Gasteiger partial charge in [0, 0.05) is 17.6 Å². The van der Waals surface area contributed by atoms with Crippen molar-refractivity contribution in [2.75, 3.05) is 23.9 Å². The Morgan fingerprint density at radius 1 is 0.892 bits per heavy atom. The van der Waals surface area contributed by atoms with Gasteiger partial charge in [-0.2, -0.15) is 0 Å². The van der Waals surface area contributed by atoms with E-state index in [4.69, 9.17) is 0 Å². The van der Waals surface area contributed by atoms with E-state index in [2.05, 4.69) is 21.2 Å². The maximum atomic E-state index is 13.8. The number of hydrogen-bond acceptors (Lipinski definition) is 4. The van der Waals surface area contributed by atoms with Crippen molar-refractivity contribution in [3.8, 4) is 0 Å². The third-order valence-corrected chi connectivity index (χ3v) is 8.26. The van der Waals surface area contributed by atoms with Crippen LogP contribution in [0.25, 0.3) is 0 Å². The summed E-state index contributed by atoms with van der Waals surface area (Å²) in [6, 6.07) is 23.7. The number of likely N-dealkylation sites (N-methyl/N-ethyl adjacent to an activating group) is 1. The van der Waals surface area contributed by atoms with Crippen LogP contribution in [0.3, 0.4) is 0 Å². The van der Waals surface area contributed by atoms with Crippen LogP contribution in [0, 0.1) is 0 Å². The minimum Gasteiger partial charge on any atom is -0.355 e. The maximum absolute atomic E-state index is 13.8. The van der Waals surface area contributed by atoms with Gasteiger partial charge in [0.25, 0.3) is 10.0 Å². The van der Waals surface area contributed by atoms with E-state index in [1.54, 1.807) is 42.5 Å². The molecule has 0 aliphatic heterocycles. The summed E-state index contributed by atoms with van der Waals surface area (Å²) in [5.74, 6) is -0.705. The molecule has 0 saturated carbocycles. The zero-order valence-corrected chi connectivity index (χ0v) is 23.4. The van der Waals surface area contributed by atoms with Gasteiger partial charge in [-0.3, -0.25) is 13.9 Å². The summed E-state index contributed by atoms with van der Waals surface area (Å²) in [7, 11) is -4.06. The van der Waals surface area contributed by atoms with E-state index in [0.717, 1.165) is 14.3 Å². The molecule has 3 rings (SSSR count). The fraction of sp³-hybridized carbons (Fsp3) is 0.286. The number of nitrogens with zero attached hydrogens (tertiary/aromatic N) is 2. The topological polar surface area (TPSA) is 86.8 Å². The molecule has 1 unspecified atom stereocenters. The van der Waals surface area contributed by atoms with Crippen LogP contribution in [-0.4, -0.2) is 50.8 Å². The van der Waals surface area contributed by atoms with E-state index in [-0.39, 0.29) is 17.3 Å². The normalized spacial score (nSPS) is 12.0. The van der Waals surface area contributed by atoms with Crippen molar-refractivity contribution in [2.45, 2.75) is 37.6 Å². The molecule has 196 valence electrons. The molecule has 7 nitrogen and oxygen atoms in total. The molecule has 0 bridgehead atoms. The summed E-state index contributed by atoms with van der Waals surface area (Å²) < 4.78 is 29.3. The minimum absolute atomic E-state index is 0.0809. The number of benzene rings is 3. The summed E-state index contributed by atoms with van der Waals surface area (Å²) in [6.45, 7) is 3.93. The molecule has 0 saturated heterocycles. The first-order valence-electron chi connectivity index (χ1n) is 12.2. The summed E-state index contributed by atoms with van der Waals surface area (Å²) in [6.07, 6.45) is 0.933. The first-order chi connectivity index (χ1) is 17.8. The van der Waals surface area contributed by atoms with Crippen LogP contribution in [0.15, 0.2) is 94.3 Å². The van der Waals surface area contributed by atoms with Gasteiger partial charge in [0.1, 0.15) is 12.6 Å². The Labute approximate surface area is 227 Å². The number of hydrogen-bond donors (Lipinski definition) is 1. The second-order valence-corrected chi connectivity index (χ2v) is 11.2. The lowest BCUT2D eigenvalue weighted by atomic mass is 10.1. The average Bonchev–Trinajstić information content (AvgIpc) is 2.91. The van der Waals surface area contributed by atoms with Crippen molar-refractivity contribution in [3.05, 3.63) is 95.0 Å². The molecule has 0 radical (unpaired) electrons. The second kappa shape index (κ2) is 13.4. The Morgan fingerprint density at radius 3 is 2.05 bits per heavy atom. The van der Waals surface area contributed by atoms with Gasteiger partial charge in [0.05, 0.1) is 10.6 Å². The number of anilines is 1. The highest BCUT2D eigenvalue weighted by atomic mass is 79.9. The molecule has 0 heterocycles. The molecule has 37 heavy (non-hydrogen) atoms. The molecule has 0 fully saturated rings. The lowest BCUT2D eigenvalue weighted by Gasteiger charge is -2.33. The smallest absolute Gasteiger partial charge is 0.264 e. The van der Waals surface area contributed by atoms with Gasteiger partial charge in [0.15, 0.2) is 0 Å². The van der Waals surface area contributed by atoms with E-state index >= 15 is 0 Å². The Kier molecular flexibility index (Phi) is 10.3. The van der Waals surface area contributed by atoms with Gasteiger partial charge >= 0.3 is 0 Å². The van der Waals surface area contributed by atoms with Crippen molar-refractivity contribution >= 4 is 43.5 Å². The Morgan fingerprint density at radius 2 is 1.49 bits per heavy atom. The zero-order chi connectivity index (χ0) is 26.8. The standard InChI is InChI=1S/C28H32BrN3O4S/c1-3-26(28(34)30-4-2)31(20-19-22-11-7-5-8-12-22)27(33)21-32(24-17-15-23(29)16-18-24)37(35,36)25-13-9-6-10-14-25/h5-18,26H,3-4,19-21H2,1-2H3,(H,30,34). The van der Waals surface area contributed by atoms with E-state index in [1.165, 1.54) is 17.0 Å². The van der Waals surface area contributed by atoms with Crippen molar-refractivity contribution in [3.63, 3.8) is 0 Å². The zero-order valence-electron chi connectivity index (χ0n) is 21.0.